The number of thiazole rings is 1. The summed E-state index contributed by atoms with van der Waals surface area (Å²) >= 11 is 1.73. The third-order valence-electron chi connectivity index (χ3n) is 7.87. The molecule has 0 spiro atoms. The van der Waals surface area contributed by atoms with E-state index in [1.54, 1.807) is 11.3 Å². The van der Waals surface area contributed by atoms with Crippen LogP contribution in [-0.2, 0) is 0 Å². The van der Waals surface area contributed by atoms with Crippen LogP contribution in [0.5, 0.6) is 0 Å². The lowest BCUT2D eigenvalue weighted by Gasteiger charge is -2.42. The maximum atomic E-state index is 7.98. The van der Waals surface area contributed by atoms with E-state index >= 15 is 0 Å². The first-order valence-electron chi connectivity index (χ1n) is 13.4. The molecule has 2 heterocycles. The van der Waals surface area contributed by atoms with Crippen LogP contribution in [0, 0.1) is 17.4 Å². The van der Waals surface area contributed by atoms with Crippen LogP contribution in [0.4, 0.5) is 5.13 Å². The zero-order valence-electron chi connectivity index (χ0n) is 23.4. The quantitative estimate of drug-likeness (QED) is 0.388. The van der Waals surface area contributed by atoms with Gasteiger partial charge in [-0.15, -0.1) is 0 Å². The van der Waals surface area contributed by atoms with E-state index in [1.165, 1.54) is 27.0 Å². The van der Waals surface area contributed by atoms with E-state index in [0.29, 0.717) is 29.8 Å². The van der Waals surface area contributed by atoms with Gasteiger partial charge >= 0.3 is 0 Å². The molecular formula is C31H38N6S. The molecule has 5 unspecified atom stereocenters. The number of allylic oxidation sites excluding steroid dienone is 4. The Kier molecular flexibility index (Phi) is 7.23. The maximum absolute atomic E-state index is 7.98. The number of nitrogens with zero attached hydrogens (tertiary/aromatic N) is 4. The number of aliphatic imine (C=N–C) groups is 1. The molecule has 1 aliphatic heterocycles. The summed E-state index contributed by atoms with van der Waals surface area (Å²) < 4.78 is 1.18. The van der Waals surface area contributed by atoms with Gasteiger partial charge in [0.25, 0.3) is 0 Å². The van der Waals surface area contributed by atoms with Gasteiger partial charge < -0.3 is 10.2 Å². The van der Waals surface area contributed by atoms with E-state index in [4.69, 9.17) is 15.5 Å². The number of hydrogen-bond donors (Lipinski definition) is 2. The van der Waals surface area contributed by atoms with E-state index in [0.717, 1.165) is 16.2 Å². The molecule has 2 aliphatic carbocycles. The molecule has 0 radical (unpaired) electrons. The number of dihydropyridines is 1. The summed E-state index contributed by atoms with van der Waals surface area (Å²) in [6.45, 7) is 15.3. The van der Waals surface area contributed by atoms with Crippen molar-refractivity contribution in [2.45, 2.75) is 73.1 Å². The summed E-state index contributed by atoms with van der Waals surface area (Å²) in [6, 6.07) is 8.58. The average molecular weight is 527 g/mol. The molecular weight excluding hydrogens is 488 g/mol. The van der Waals surface area contributed by atoms with Crippen LogP contribution in [0.3, 0.4) is 0 Å². The minimum atomic E-state index is -0.161. The van der Waals surface area contributed by atoms with Gasteiger partial charge in [0.2, 0.25) is 0 Å². The van der Waals surface area contributed by atoms with Crippen molar-refractivity contribution in [3.8, 4) is 0 Å². The van der Waals surface area contributed by atoms with Crippen LogP contribution in [0.25, 0.3) is 10.2 Å². The summed E-state index contributed by atoms with van der Waals surface area (Å²) in [5.41, 5.74) is 15.9. The van der Waals surface area contributed by atoms with Crippen LogP contribution in [0.1, 0.15) is 54.9 Å². The van der Waals surface area contributed by atoms with Gasteiger partial charge in [0.1, 0.15) is 11.9 Å². The Hall–Kier alpha value is -3.32. The summed E-state index contributed by atoms with van der Waals surface area (Å²) in [7, 11) is 0. The first-order chi connectivity index (χ1) is 18.2. The van der Waals surface area contributed by atoms with Gasteiger partial charge in [0, 0.05) is 6.42 Å². The standard InChI is InChI=1S/C31H38N6S/c1-17-12-19(3)27(20(4)13-17)35-30-28(36-32)21(5)16-26(34-30)37(29-22(6)14-18(2)15-23(29)7)31-33-24-10-8-9-11-25(24)38-31/h8-15,19,22,26-27,29,32H,16H2,1-7H3,(H,34,35). The average Bonchev–Trinajstić information content (AvgIpc) is 3.27. The fraction of sp³-hybridized carbons (Fsp3) is 0.419. The molecule has 0 amide bonds. The van der Waals surface area contributed by atoms with E-state index in [-0.39, 0.29) is 18.2 Å². The van der Waals surface area contributed by atoms with Crippen LogP contribution in [0.2, 0.25) is 0 Å². The third kappa shape index (κ3) is 4.92. The molecule has 6 nitrogen and oxygen atoms in total. The molecule has 5 atom stereocenters. The molecule has 3 aliphatic rings. The van der Waals surface area contributed by atoms with Crippen molar-refractivity contribution in [2.24, 2.45) is 21.9 Å². The van der Waals surface area contributed by atoms with Crippen molar-refractivity contribution in [2.75, 3.05) is 4.90 Å². The van der Waals surface area contributed by atoms with Crippen molar-refractivity contribution >= 4 is 32.5 Å². The molecule has 38 heavy (non-hydrogen) atoms. The largest absolute Gasteiger partial charge is 0.361 e. The lowest BCUT2D eigenvalue weighted by molar-refractivity contribution is 0.467. The van der Waals surface area contributed by atoms with Crippen molar-refractivity contribution in [1.82, 2.24) is 10.3 Å². The third-order valence-corrected chi connectivity index (χ3v) is 8.92. The molecule has 0 fully saturated rings. The zero-order valence-corrected chi connectivity index (χ0v) is 24.2. The fourth-order valence-electron chi connectivity index (χ4n) is 6.35. The zero-order chi connectivity index (χ0) is 27.1. The summed E-state index contributed by atoms with van der Waals surface area (Å²) in [4.78, 5) is 12.8. The molecule has 1 aromatic heterocycles. The van der Waals surface area contributed by atoms with Gasteiger partial charge in [-0.1, -0.05) is 78.3 Å². The highest BCUT2D eigenvalue weighted by Crippen LogP contribution is 2.39. The molecule has 2 N–H and O–H groups in total. The van der Waals surface area contributed by atoms with E-state index in [2.05, 4.69) is 106 Å². The first kappa shape index (κ1) is 26.3. The van der Waals surface area contributed by atoms with E-state index in [9.17, 15) is 0 Å². The maximum Gasteiger partial charge on any atom is 0.188 e. The molecule has 2 aromatic rings. The first-order valence-corrected chi connectivity index (χ1v) is 14.3. The van der Waals surface area contributed by atoms with Gasteiger partial charge in [-0.25, -0.2) is 15.5 Å². The Morgan fingerprint density at radius 1 is 0.974 bits per heavy atom. The molecule has 0 saturated heterocycles. The fourth-order valence-corrected chi connectivity index (χ4v) is 7.39. The lowest BCUT2D eigenvalue weighted by Crippen LogP contribution is -2.50. The molecule has 1 aromatic carbocycles. The highest BCUT2D eigenvalue weighted by molar-refractivity contribution is 7.22. The number of aromatic nitrogens is 1. The second kappa shape index (κ2) is 10.4. The highest BCUT2D eigenvalue weighted by Gasteiger charge is 2.37. The van der Waals surface area contributed by atoms with Crippen LogP contribution >= 0.6 is 11.3 Å². The minimum absolute atomic E-state index is 0.109. The highest BCUT2D eigenvalue weighted by atomic mass is 32.1. The van der Waals surface area contributed by atoms with Gasteiger partial charge in [-0.2, -0.15) is 5.11 Å². The second-order valence-electron chi connectivity index (χ2n) is 11.2. The topological polar surface area (TPSA) is 76.7 Å². The van der Waals surface area contributed by atoms with Crippen LogP contribution in [0.15, 0.2) is 92.2 Å². The normalized spacial score (nSPS) is 27.8. The molecule has 198 valence electrons. The number of amidine groups is 1. The van der Waals surface area contributed by atoms with Crippen molar-refractivity contribution in [3.05, 3.63) is 82.1 Å². The number of hydrogen-bond acceptors (Lipinski definition) is 7. The van der Waals surface area contributed by atoms with Gasteiger partial charge in [-0.05, 0) is 69.7 Å². The van der Waals surface area contributed by atoms with Gasteiger partial charge in [-0.3, -0.25) is 0 Å². The Labute approximate surface area is 230 Å². The molecule has 5 rings (SSSR count). The number of rotatable bonds is 5. The van der Waals surface area contributed by atoms with Crippen LogP contribution in [-0.4, -0.2) is 29.1 Å². The SMILES string of the molecule is CC1=CC(C)C(NC2=NC(N(c3nc4ccccc4s3)C3C(C)=CC(C)=CC3C)CC(C)=C2N=N)C(C)=C1. The minimum Gasteiger partial charge on any atom is -0.361 e. The number of benzene rings is 1. The predicted molar refractivity (Wildman–Crippen MR) is 160 cm³/mol. The van der Waals surface area contributed by atoms with E-state index < -0.39 is 0 Å². The van der Waals surface area contributed by atoms with Gasteiger partial charge in [0.05, 0.1) is 22.3 Å². The Balaban J connectivity index is 1.60. The van der Waals surface area contributed by atoms with Crippen molar-refractivity contribution < 1.29 is 0 Å². The van der Waals surface area contributed by atoms with Crippen molar-refractivity contribution in [1.29, 1.82) is 5.53 Å². The Morgan fingerprint density at radius 3 is 2.32 bits per heavy atom. The van der Waals surface area contributed by atoms with E-state index in [1.807, 2.05) is 6.07 Å². The smallest absolute Gasteiger partial charge is 0.188 e. The number of nitrogens with one attached hydrogen (secondary N) is 2. The monoisotopic (exact) mass is 526 g/mol. The van der Waals surface area contributed by atoms with Gasteiger partial charge in [0.15, 0.2) is 11.0 Å². The summed E-state index contributed by atoms with van der Waals surface area (Å²) in [6.07, 6.45) is 9.70. The second-order valence-corrected chi connectivity index (χ2v) is 12.2. The number of fused-ring (bicyclic) bond motifs is 1. The summed E-state index contributed by atoms with van der Waals surface area (Å²) in [5, 5.41) is 8.63. The Bertz CT molecular complexity index is 1420. The number of para-hydroxylation sites is 1. The number of anilines is 1. The molecule has 0 bridgehead atoms. The Morgan fingerprint density at radius 2 is 1.66 bits per heavy atom. The van der Waals surface area contributed by atoms with Crippen LogP contribution < -0.4 is 10.2 Å². The lowest BCUT2D eigenvalue weighted by atomic mass is 9.86. The molecule has 0 saturated carbocycles. The summed E-state index contributed by atoms with van der Waals surface area (Å²) in [5.74, 6) is 1.32. The van der Waals surface area contributed by atoms with Crippen molar-refractivity contribution in [3.63, 3.8) is 0 Å². The predicted octanol–water partition coefficient (Wildman–Crippen LogP) is 7.95. The molecule has 7 heteroatoms.